The molecule has 5 rings (SSSR count). The fourth-order valence-electron chi connectivity index (χ4n) is 3.97. The largest absolute Gasteiger partial charge is 0.456 e. The molecule has 0 saturated carbocycles. The molecule has 0 fully saturated rings. The third-order valence-electron chi connectivity index (χ3n) is 5.27. The van der Waals surface area contributed by atoms with Crippen LogP contribution in [0, 0.1) is 0 Å². The van der Waals surface area contributed by atoms with Crippen molar-refractivity contribution in [3.63, 3.8) is 0 Å². The lowest BCUT2D eigenvalue weighted by Crippen LogP contribution is -1.91. The Morgan fingerprint density at radius 1 is 0.615 bits per heavy atom. The number of furan rings is 1. The number of para-hydroxylation sites is 1. The zero-order chi connectivity index (χ0) is 17.7. The first-order chi connectivity index (χ1) is 12.7. The maximum absolute atomic E-state index is 5.98. The van der Waals surface area contributed by atoms with Crippen LogP contribution in [0.2, 0.25) is 0 Å². The van der Waals surface area contributed by atoms with Crippen molar-refractivity contribution < 1.29 is 4.42 Å². The van der Waals surface area contributed by atoms with Crippen molar-refractivity contribution in [3.05, 3.63) is 84.4 Å². The quantitative estimate of drug-likeness (QED) is 0.325. The molecule has 0 N–H and O–H groups in total. The van der Waals surface area contributed by atoms with Crippen molar-refractivity contribution in [2.75, 3.05) is 0 Å². The number of benzene rings is 4. The number of fused-ring (bicyclic) bond motifs is 4. The van der Waals surface area contributed by atoms with Gasteiger partial charge in [-0.3, -0.25) is 0 Å². The summed E-state index contributed by atoms with van der Waals surface area (Å²) in [5.41, 5.74) is 5.80. The van der Waals surface area contributed by atoms with Crippen molar-refractivity contribution in [3.8, 4) is 11.1 Å². The Morgan fingerprint density at radius 2 is 1.31 bits per heavy atom. The van der Waals surface area contributed by atoms with Gasteiger partial charge in [-0.15, -0.1) is 0 Å². The minimum atomic E-state index is 0.509. The Labute approximate surface area is 152 Å². The van der Waals surface area contributed by atoms with Gasteiger partial charge >= 0.3 is 0 Å². The first kappa shape index (κ1) is 15.2. The Hall–Kier alpha value is -3.06. The van der Waals surface area contributed by atoms with Crippen LogP contribution in [0.25, 0.3) is 43.8 Å². The van der Waals surface area contributed by atoms with Crippen LogP contribution < -0.4 is 0 Å². The lowest BCUT2D eigenvalue weighted by Gasteiger charge is -2.14. The third kappa shape index (κ3) is 2.24. The molecule has 1 heterocycles. The zero-order valence-electron chi connectivity index (χ0n) is 15.0. The first-order valence-corrected chi connectivity index (χ1v) is 9.16. The molecule has 0 aliphatic rings. The van der Waals surface area contributed by atoms with E-state index in [2.05, 4.69) is 80.6 Å². The van der Waals surface area contributed by atoms with E-state index in [1.165, 1.54) is 38.2 Å². The molecule has 0 radical (unpaired) electrons. The highest BCUT2D eigenvalue weighted by molar-refractivity contribution is 6.08. The summed E-state index contributed by atoms with van der Waals surface area (Å²) in [6.45, 7) is 4.51. The van der Waals surface area contributed by atoms with Gasteiger partial charge < -0.3 is 4.42 Å². The standard InChI is InChI=1S/C25H20O/c1-16(2)18-12-13-19(21-8-4-3-7-20(18)21)17-11-14-25-23(15-17)22-9-5-6-10-24(22)26-25/h3-16H,1-2H3. The number of rotatable bonds is 2. The molecule has 1 heteroatoms. The lowest BCUT2D eigenvalue weighted by molar-refractivity contribution is 0.669. The van der Waals surface area contributed by atoms with E-state index in [0.29, 0.717) is 5.92 Å². The summed E-state index contributed by atoms with van der Waals surface area (Å²) in [5.74, 6) is 0.509. The fourth-order valence-corrected chi connectivity index (χ4v) is 3.97. The van der Waals surface area contributed by atoms with Gasteiger partial charge in [-0.2, -0.15) is 0 Å². The monoisotopic (exact) mass is 336 g/mol. The van der Waals surface area contributed by atoms with Gasteiger partial charge in [-0.1, -0.05) is 74.5 Å². The van der Waals surface area contributed by atoms with Crippen LogP contribution in [0.15, 0.2) is 83.3 Å². The molecule has 4 aromatic carbocycles. The first-order valence-electron chi connectivity index (χ1n) is 9.16. The summed E-state index contributed by atoms with van der Waals surface area (Å²) in [7, 11) is 0. The smallest absolute Gasteiger partial charge is 0.135 e. The van der Waals surface area contributed by atoms with Gasteiger partial charge in [-0.05, 0) is 51.6 Å². The molecule has 26 heavy (non-hydrogen) atoms. The van der Waals surface area contributed by atoms with Gasteiger partial charge in [-0.25, -0.2) is 0 Å². The van der Waals surface area contributed by atoms with Gasteiger partial charge in [0, 0.05) is 10.8 Å². The SMILES string of the molecule is CC(C)c1ccc(-c2ccc3oc4ccccc4c3c2)c2ccccc12. The van der Waals surface area contributed by atoms with E-state index < -0.39 is 0 Å². The van der Waals surface area contributed by atoms with E-state index in [9.17, 15) is 0 Å². The van der Waals surface area contributed by atoms with Crippen LogP contribution >= 0.6 is 0 Å². The van der Waals surface area contributed by atoms with Crippen LogP contribution in [-0.2, 0) is 0 Å². The Morgan fingerprint density at radius 3 is 2.12 bits per heavy atom. The molecule has 0 atom stereocenters. The van der Waals surface area contributed by atoms with Crippen molar-refractivity contribution in [1.29, 1.82) is 0 Å². The number of hydrogen-bond donors (Lipinski definition) is 0. The third-order valence-corrected chi connectivity index (χ3v) is 5.27. The highest BCUT2D eigenvalue weighted by Gasteiger charge is 2.12. The highest BCUT2D eigenvalue weighted by Crippen LogP contribution is 2.37. The summed E-state index contributed by atoms with van der Waals surface area (Å²) < 4.78 is 5.98. The molecule has 0 bridgehead atoms. The molecule has 1 aromatic heterocycles. The molecule has 0 aliphatic heterocycles. The van der Waals surface area contributed by atoms with E-state index in [-0.39, 0.29) is 0 Å². The average molecular weight is 336 g/mol. The average Bonchev–Trinajstić information content (AvgIpc) is 3.05. The maximum Gasteiger partial charge on any atom is 0.135 e. The van der Waals surface area contributed by atoms with Crippen molar-refractivity contribution in [2.24, 2.45) is 0 Å². The summed E-state index contributed by atoms with van der Waals surface area (Å²) in [5, 5.41) is 5.01. The van der Waals surface area contributed by atoms with Crippen LogP contribution in [-0.4, -0.2) is 0 Å². The van der Waals surface area contributed by atoms with Crippen molar-refractivity contribution >= 4 is 32.7 Å². The van der Waals surface area contributed by atoms with Crippen molar-refractivity contribution in [1.82, 2.24) is 0 Å². The van der Waals surface area contributed by atoms with Crippen LogP contribution in [0.3, 0.4) is 0 Å². The molecular formula is C25H20O. The second-order valence-corrected chi connectivity index (χ2v) is 7.21. The molecule has 5 aromatic rings. The van der Waals surface area contributed by atoms with E-state index in [4.69, 9.17) is 4.42 Å². The van der Waals surface area contributed by atoms with Crippen LogP contribution in [0.5, 0.6) is 0 Å². The maximum atomic E-state index is 5.98. The fraction of sp³-hybridized carbons (Fsp3) is 0.120. The van der Waals surface area contributed by atoms with Gasteiger partial charge in [0.15, 0.2) is 0 Å². The van der Waals surface area contributed by atoms with E-state index in [0.717, 1.165) is 11.2 Å². The predicted octanol–water partition coefficient (Wildman–Crippen LogP) is 7.53. The zero-order valence-corrected chi connectivity index (χ0v) is 15.0. The van der Waals surface area contributed by atoms with E-state index in [1.54, 1.807) is 0 Å². The van der Waals surface area contributed by atoms with E-state index >= 15 is 0 Å². The molecule has 0 unspecified atom stereocenters. The molecule has 0 spiro atoms. The lowest BCUT2D eigenvalue weighted by atomic mass is 9.90. The molecular weight excluding hydrogens is 316 g/mol. The molecule has 0 saturated heterocycles. The van der Waals surface area contributed by atoms with Gasteiger partial charge in [0.1, 0.15) is 11.2 Å². The molecule has 0 aliphatic carbocycles. The van der Waals surface area contributed by atoms with Gasteiger partial charge in [0.2, 0.25) is 0 Å². The minimum absolute atomic E-state index is 0.509. The predicted molar refractivity (Wildman–Crippen MR) is 111 cm³/mol. The van der Waals surface area contributed by atoms with Gasteiger partial charge in [0.25, 0.3) is 0 Å². The summed E-state index contributed by atoms with van der Waals surface area (Å²) in [6.07, 6.45) is 0. The Balaban J connectivity index is 1.80. The second-order valence-electron chi connectivity index (χ2n) is 7.21. The summed E-state index contributed by atoms with van der Waals surface area (Å²) in [4.78, 5) is 0. The molecule has 126 valence electrons. The highest BCUT2D eigenvalue weighted by atomic mass is 16.3. The minimum Gasteiger partial charge on any atom is -0.456 e. The topological polar surface area (TPSA) is 13.1 Å². The summed E-state index contributed by atoms with van der Waals surface area (Å²) in [6, 6.07) is 28.0. The van der Waals surface area contributed by atoms with Crippen LogP contribution in [0.1, 0.15) is 25.3 Å². The van der Waals surface area contributed by atoms with Crippen LogP contribution in [0.4, 0.5) is 0 Å². The van der Waals surface area contributed by atoms with E-state index in [1.807, 2.05) is 12.1 Å². The normalized spacial score (nSPS) is 11.8. The number of hydrogen-bond acceptors (Lipinski definition) is 1. The Kier molecular flexibility index (Phi) is 3.36. The second kappa shape index (κ2) is 5.74. The van der Waals surface area contributed by atoms with Crippen molar-refractivity contribution in [2.45, 2.75) is 19.8 Å². The van der Waals surface area contributed by atoms with Gasteiger partial charge in [0.05, 0.1) is 0 Å². The molecule has 1 nitrogen and oxygen atoms in total. The summed E-state index contributed by atoms with van der Waals surface area (Å²) >= 11 is 0. The Bertz CT molecular complexity index is 1260. The molecule has 0 amide bonds.